The maximum absolute atomic E-state index is 4.39. The molecular formula is C17H17N3. The van der Waals surface area contributed by atoms with Crippen molar-refractivity contribution in [1.29, 1.82) is 0 Å². The summed E-state index contributed by atoms with van der Waals surface area (Å²) in [5.74, 6) is 0. The largest absolute Gasteiger partial charge is 0.348 e. The van der Waals surface area contributed by atoms with Crippen molar-refractivity contribution in [2.45, 2.75) is 13.8 Å². The average Bonchev–Trinajstić information content (AvgIpc) is 2.74. The summed E-state index contributed by atoms with van der Waals surface area (Å²) in [5.41, 5.74) is 5.44. The molecule has 0 saturated carbocycles. The van der Waals surface area contributed by atoms with Crippen LogP contribution in [0.25, 0.3) is 10.9 Å². The van der Waals surface area contributed by atoms with E-state index in [2.05, 4.69) is 46.8 Å². The summed E-state index contributed by atoms with van der Waals surface area (Å²) < 4.78 is 2.09. The second kappa shape index (κ2) is 4.93. The van der Waals surface area contributed by atoms with Crippen molar-refractivity contribution in [3.8, 4) is 0 Å². The maximum atomic E-state index is 4.39. The molecule has 0 saturated heterocycles. The lowest BCUT2D eigenvalue weighted by Gasteiger charge is -1.96. The summed E-state index contributed by atoms with van der Waals surface area (Å²) in [6, 6.07) is 14.4. The van der Waals surface area contributed by atoms with Crippen LogP contribution in [0.5, 0.6) is 0 Å². The zero-order valence-electron chi connectivity index (χ0n) is 12.0. The molecule has 0 N–H and O–H groups in total. The van der Waals surface area contributed by atoms with Gasteiger partial charge in [-0.2, -0.15) is 5.11 Å². The van der Waals surface area contributed by atoms with Crippen LogP contribution in [0.3, 0.4) is 0 Å². The number of hydrogen-bond acceptors (Lipinski definition) is 2. The van der Waals surface area contributed by atoms with Crippen LogP contribution >= 0.6 is 0 Å². The number of benzene rings is 2. The van der Waals surface area contributed by atoms with Gasteiger partial charge in [0.1, 0.15) is 5.69 Å². The molecule has 0 atom stereocenters. The third kappa shape index (κ3) is 2.35. The summed E-state index contributed by atoms with van der Waals surface area (Å²) in [4.78, 5) is 0. The van der Waals surface area contributed by atoms with Crippen LogP contribution in [-0.2, 0) is 7.05 Å². The van der Waals surface area contributed by atoms with E-state index in [1.807, 2.05) is 37.5 Å². The highest BCUT2D eigenvalue weighted by Crippen LogP contribution is 2.29. The van der Waals surface area contributed by atoms with E-state index < -0.39 is 0 Å². The minimum atomic E-state index is 0.875. The van der Waals surface area contributed by atoms with Gasteiger partial charge in [0.2, 0.25) is 0 Å². The molecule has 0 spiro atoms. The molecular weight excluding hydrogens is 246 g/mol. The molecule has 3 aromatic rings. The van der Waals surface area contributed by atoms with Crippen molar-refractivity contribution in [3.63, 3.8) is 0 Å². The first kappa shape index (κ1) is 12.6. The van der Waals surface area contributed by atoms with Crippen LogP contribution in [0.1, 0.15) is 11.1 Å². The number of aromatic nitrogens is 1. The Balaban J connectivity index is 2.00. The first-order valence-electron chi connectivity index (χ1n) is 6.67. The highest BCUT2D eigenvalue weighted by molar-refractivity contribution is 5.91. The van der Waals surface area contributed by atoms with E-state index in [1.54, 1.807) is 0 Å². The Morgan fingerprint density at radius 1 is 0.850 bits per heavy atom. The number of azo groups is 1. The molecule has 100 valence electrons. The van der Waals surface area contributed by atoms with E-state index in [-0.39, 0.29) is 0 Å². The monoisotopic (exact) mass is 263 g/mol. The Kier molecular flexibility index (Phi) is 3.11. The van der Waals surface area contributed by atoms with Gasteiger partial charge in [-0.15, -0.1) is 5.11 Å². The molecule has 2 aromatic carbocycles. The van der Waals surface area contributed by atoms with Crippen molar-refractivity contribution in [3.05, 3.63) is 59.8 Å². The summed E-state index contributed by atoms with van der Waals surface area (Å²) in [5, 5.41) is 9.84. The topological polar surface area (TPSA) is 29.6 Å². The van der Waals surface area contributed by atoms with Gasteiger partial charge >= 0.3 is 0 Å². The van der Waals surface area contributed by atoms with Crippen LogP contribution in [0.4, 0.5) is 11.4 Å². The molecule has 3 nitrogen and oxygen atoms in total. The van der Waals surface area contributed by atoms with Crippen molar-refractivity contribution < 1.29 is 0 Å². The normalized spacial score (nSPS) is 11.6. The fourth-order valence-corrected chi connectivity index (χ4v) is 2.28. The lowest BCUT2D eigenvalue weighted by molar-refractivity contribution is 0.966. The van der Waals surface area contributed by atoms with E-state index >= 15 is 0 Å². The van der Waals surface area contributed by atoms with Crippen molar-refractivity contribution in [1.82, 2.24) is 4.57 Å². The van der Waals surface area contributed by atoms with E-state index in [1.165, 1.54) is 16.6 Å². The Morgan fingerprint density at radius 3 is 2.30 bits per heavy atom. The van der Waals surface area contributed by atoms with Gasteiger partial charge in [-0.25, -0.2) is 0 Å². The molecule has 0 unspecified atom stereocenters. The number of hydrogen-bond donors (Lipinski definition) is 0. The molecule has 20 heavy (non-hydrogen) atoms. The van der Waals surface area contributed by atoms with Crippen LogP contribution in [0, 0.1) is 13.8 Å². The summed E-state index contributed by atoms with van der Waals surface area (Å²) in [7, 11) is 2.03. The minimum absolute atomic E-state index is 0.875. The molecule has 3 rings (SSSR count). The smallest absolute Gasteiger partial charge is 0.111 e. The zero-order valence-corrected chi connectivity index (χ0v) is 12.0. The van der Waals surface area contributed by atoms with Crippen LogP contribution in [0.15, 0.2) is 58.9 Å². The summed E-state index contributed by atoms with van der Waals surface area (Å²) in [6.07, 6.45) is 2.02. The number of rotatable bonds is 2. The number of aryl methyl sites for hydroxylation is 3. The Hall–Kier alpha value is -2.42. The summed E-state index contributed by atoms with van der Waals surface area (Å²) in [6.45, 7) is 4.16. The zero-order chi connectivity index (χ0) is 14.1. The third-order valence-corrected chi connectivity index (χ3v) is 3.43. The fourth-order valence-electron chi connectivity index (χ4n) is 2.28. The molecule has 0 aliphatic carbocycles. The third-order valence-electron chi connectivity index (χ3n) is 3.43. The molecule has 0 radical (unpaired) electrons. The van der Waals surface area contributed by atoms with E-state index in [4.69, 9.17) is 0 Å². The van der Waals surface area contributed by atoms with Crippen LogP contribution in [-0.4, -0.2) is 4.57 Å². The van der Waals surface area contributed by atoms with E-state index in [0.29, 0.717) is 0 Å². The van der Waals surface area contributed by atoms with Gasteiger partial charge in [0, 0.05) is 18.6 Å². The highest BCUT2D eigenvalue weighted by Gasteiger charge is 2.05. The summed E-state index contributed by atoms with van der Waals surface area (Å²) >= 11 is 0. The fraction of sp³-hybridized carbons (Fsp3) is 0.176. The van der Waals surface area contributed by atoms with Crippen molar-refractivity contribution in [2.24, 2.45) is 17.3 Å². The highest BCUT2D eigenvalue weighted by atomic mass is 15.1. The van der Waals surface area contributed by atoms with Gasteiger partial charge in [0.25, 0.3) is 0 Å². The van der Waals surface area contributed by atoms with Gasteiger partial charge in [0.05, 0.1) is 11.2 Å². The quantitative estimate of drug-likeness (QED) is 0.568. The van der Waals surface area contributed by atoms with Crippen molar-refractivity contribution in [2.75, 3.05) is 0 Å². The Bertz CT molecular complexity index is 780. The second-order valence-electron chi connectivity index (χ2n) is 5.18. The predicted molar refractivity (Wildman–Crippen MR) is 83.0 cm³/mol. The molecule has 0 bridgehead atoms. The standard InChI is InChI=1S/C17H17N3/c1-12-4-7-14(8-5-12)18-19-16-11-20(3)17-10-13(2)6-9-15(16)17/h4-11H,1-3H3. The predicted octanol–water partition coefficient (Wildman–Crippen LogP) is 5.21. The SMILES string of the molecule is Cc1ccc(N=Nc2cn(C)c3cc(C)ccc23)cc1. The lowest BCUT2D eigenvalue weighted by atomic mass is 10.2. The van der Waals surface area contributed by atoms with E-state index in [0.717, 1.165) is 16.8 Å². The van der Waals surface area contributed by atoms with Crippen LogP contribution in [0.2, 0.25) is 0 Å². The first-order valence-corrected chi connectivity index (χ1v) is 6.67. The second-order valence-corrected chi connectivity index (χ2v) is 5.18. The molecule has 1 heterocycles. The average molecular weight is 263 g/mol. The van der Waals surface area contributed by atoms with Gasteiger partial charge in [0.15, 0.2) is 0 Å². The van der Waals surface area contributed by atoms with Crippen molar-refractivity contribution >= 4 is 22.3 Å². The first-order chi connectivity index (χ1) is 9.63. The molecule has 3 heteroatoms. The van der Waals surface area contributed by atoms with Gasteiger partial charge in [-0.3, -0.25) is 0 Å². The molecule has 0 fully saturated rings. The van der Waals surface area contributed by atoms with E-state index in [9.17, 15) is 0 Å². The Morgan fingerprint density at radius 2 is 1.55 bits per heavy atom. The molecule has 0 amide bonds. The Labute approximate surface area is 118 Å². The molecule has 0 aliphatic heterocycles. The number of fused-ring (bicyclic) bond motifs is 1. The van der Waals surface area contributed by atoms with Crippen LogP contribution < -0.4 is 0 Å². The minimum Gasteiger partial charge on any atom is -0.348 e. The maximum Gasteiger partial charge on any atom is 0.111 e. The van der Waals surface area contributed by atoms with Gasteiger partial charge in [-0.1, -0.05) is 29.8 Å². The molecule has 0 aliphatic rings. The van der Waals surface area contributed by atoms with Gasteiger partial charge in [-0.05, 0) is 37.6 Å². The molecule has 1 aromatic heterocycles. The number of nitrogens with zero attached hydrogens (tertiary/aromatic N) is 3. The van der Waals surface area contributed by atoms with Gasteiger partial charge < -0.3 is 4.57 Å². The lowest BCUT2D eigenvalue weighted by Crippen LogP contribution is -1.83.